The van der Waals surface area contributed by atoms with Gasteiger partial charge in [-0.3, -0.25) is 4.79 Å². The van der Waals surface area contributed by atoms with Crippen molar-refractivity contribution in [3.63, 3.8) is 0 Å². The molecule has 0 amide bonds. The Morgan fingerprint density at radius 3 is 2.44 bits per heavy atom. The summed E-state index contributed by atoms with van der Waals surface area (Å²) in [7, 11) is 0. The molecule has 3 heterocycles. The Kier molecular flexibility index (Phi) is 8.06. The first-order valence-electron chi connectivity index (χ1n) is 10.6. The van der Waals surface area contributed by atoms with Gasteiger partial charge in [0.05, 0.1) is 12.2 Å². The molecule has 7 unspecified atom stereocenters. The number of carbonyl (C=O) groups is 1. The summed E-state index contributed by atoms with van der Waals surface area (Å²) in [4.78, 5) is 10.6. The van der Waals surface area contributed by atoms with Gasteiger partial charge < -0.3 is 19.1 Å². The molecular formula is C21H34O5S. The van der Waals surface area contributed by atoms with E-state index in [0.717, 1.165) is 30.8 Å². The monoisotopic (exact) mass is 398 g/mol. The van der Waals surface area contributed by atoms with Crippen LogP contribution in [0.4, 0.5) is 0 Å². The maximum atomic E-state index is 12.6. The van der Waals surface area contributed by atoms with E-state index in [1.54, 1.807) is 0 Å². The normalized spacial score (nSPS) is 34.9. The number of ether oxygens (including phenoxy) is 2. The molecule has 6 heteroatoms. The second-order valence-corrected chi connectivity index (χ2v) is 9.80. The standard InChI is InChI=1S/C21H34O5S/c1-2-3-4-7-10-13-27(24)14-16-15(11-8-5-6-9-12-17(22)23)18-20-21(26-20)19(16)25-18/h5,8,15-16,18-21H,2-4,6-7,9-14H2,1H3,(H,22,23). The highest BCUT2D eigenvalue weighted by molar-refractivity contribution is 7.91. The van der Waals surface area contributed by atoms with Gasteiger partial charge in [-0.25, -0.2) is 0 Å². The molecule has 7 atom stereocenters. The van der Waals surface area contributed by atoms with Crippen molar-refractivity contribution in [3.05, 3.63) is 12.2 Å². The average molecular weight is 399 g/mol. The summed E-state index contributed by atoms with van der Waals surface area (Å²) in [6, 6.07) is 0. The van der Waals surface area contributed by atoms with E-state index >= 15 is 0 Å². The van der Waals surface area contributed by atoms with Gasteiger partial charge in [-0.2, -0.15) is 0 Å². The Morgan fingerprint density at radius 2 is 1.70 bits per heavy atom. The summed E-state index contributed by atoms with van der Waals surface area (Å²) >= 11 is -0.775. The first kappa shape index (κ1) is 21.2. The van der Waals surface area contributed by atoms with Crippen molar-refractivity contribution in [3.8, 4) is 0 Å². The highest BCUT2D eigenvalue weighted by atomic mass is 32.2. The molecule has 5 nitrogen and oxygen atoms in total. The quantitative estimate of drug-likeness (QED) is 0.209. The summed E-state index contributed by atoms with van der Waals surface area (Å²) in [6.45, 7) is 2.21. The summed E-state index contributed by atoms with van der Waals surface area (Å²) in [5, 5.41) is 8.69. The van der Waals surface area contributed by atoms with Crippen molar-refractivity contribution in [2.75, 3.05) is 11.5 Å². The number of epoxide rings is 1. The SMILES string of the molecule is CCCCCCC[S+]([O-])CC1C(CC=CCCCC(=O)O)C2OC1C1OC21. The molecule has 2 bridgehead atoms. The molecule has 0 aromatic rings. The lowest BCUT2D eigenvalue weighted by atomic mass is 9.78. The number of fused-ring (bicyclic) bond motifs is 5. The average Bonchev–Trinajstić information content (AvgIpc) is 3.26. The van der Waals surface area contributed by atoms with Crippen LogP contribution in [0.3, 0.4) is 0 Å². The van der Waals surface area contributed by atoms with Crippen LogP contribution >= 0.6 is 0 Å². The second kappa shape index (κ2) is 10.3. The molecule has 3 rings (SSSR count). The lowest BCUT2D eigenvalue weighted by Gasteiger charge is -2.26. The number of carboxylic acid groups (broad SMARTS) is 1. The van der Waals surface area contributed by atoms with E-state index in [1.807, 2.05) is 0 Å². The topological polar surface area (TPSA) is 82.1 Å². The molecule has 0 aromatic heterocycles. The van der Waals surface area contributed by atoms with Gasteiger partial charge in [0.25, 0.3) is 0 Å². The highest BCUT2D eigenvalue weighted by Gasteiger charge is 2.69. The number of allylic oxidation sites excluding steroid dienone is 2. The molecule has 3 fully saturated rings. The second-order valence-electron chi connectivity index (χ2n) is 8.18. The number of hydrogen-bond acceptors (Lipinski definition) is 4. The van der Waals surface area contributed by atoms with Crippen LogP contribution in [0.5, 0.6) is 0 Å². The number of hydrogen-bond donors (Lipinski definition) is 1. The summed E-state index contributed by atoms with van der Waals surface area (Å²) < 4.78 is 24.5. The first-order chi connectivity index (χ1) is 13.1. The molecule has 3 aliphatic heterocycles. The van der Waals surface area contributed by atoms with Crippen LogP contribution in [-0.4, -0.2) is 51.6 Å². The number of rotatable bonds is 14. The molecule has 27 heavy (non-hydrogen) atoms. The van der Waals surface area contributed by atoms with Crippen molar-refractivity contribution in [2.24, 2.45) is 11.8 Å². The van der Waals surface area contributed by atoms with Crippen LogP contribution in [-0.2, 0) is 25.4 Å². The van der Waals surface area contributed by atoms with Gasteiger partial charge in [-0.1, -0.05) is 49.5 Å². The van der Waals surface area contributed by atoms with E-state index in [9.17, 15) is 9.35 Å². The van der Waals surface area contributed by atoms with Crippen LogP contribution in [0.15, 0.2) is 12.2 Å². The number of carboxylic acids is 1. The molecule has 1 N–H and O–H groups in total. The maximum absolute atomic E-state index is 12.6. The Hall–Kier alpha value is -0.560. The minimum absolute atomic E-state index is 0.134. The molecule has 154 valence electrons. The molecule has 0 saturated carbocycles. The molecule has 0 aromatic carbocycles. The van der Waals surface area contributed by atoms with Gasteiger partial charge in [-0.15, -0.1) is 0 Å². The highest BCUT2D eigenvalue weighted by Crippen LogP contribution is 2.55. The lowest BCUT2D eigenvalue weighted by molar-refractivity contribution is -0.137. The third-order valence-corrected chi connectivity index (χ3v) is 7.61. The maximum Gasteiger partial charge on any atom is 0.303 e. The fraction of sp³-hybridized carbons (Fsp3) is 0.857. The minimum atomic E-state index is -0.775. The predicted molar refractivity (Wildman–Crippen MR) is 106 cm³/mol. The fourth-order valence-electron chi connectivity index (χ4n) is 4.61. The van der Waals surface area contributed by atoms with Gasteiger partial charge in [0.15, 0.2) is 0 Å². The first-order valence-corrected chi connectivity index (χ1v) is 12.1. The molecule has 3 aliphatic rings. The zero-order chi connectivity index (χ0) is 19.2. The third kappa shape index (κ3) is 5.72. The third-order valence-electron chi connectivity index (χ3n) is 6.11. The van der Waals surface area contributed by atoms with Crippen LogP contribution in [0.2, 0.25) is 0 Å². The predicted octanol–water partition coefficient (Wildman–Crippen LogP) is 3.69. The molecule has 3 saturated heterocycles. The minimum Gasteiger partial charge on any atom is -0.616 e. The van der Waals surface area contributed by atoms with E-state index in [4.69, 9.17) is 14.6 Å². The van der Waals surface area contributed by atoms with Gasteiger partial charge in [0.1, 0.15) is 23.7 Å². The van der Waals surface area contributed by atoms with Crippen molar-refractivity contribution in [1.29, 1.82) is 0 Å². The fourth-order valence-corrected chi connectivity index (χ4v) is 6.17. The summed E-state index contributed by atoms with van der Waals surface area (Å²) in [5.74, 6) is 1.53. The largest absolute Gasteiger partial charge is 0.616 e. The van der Waals surface area contributed by atoms with Crippen molar-refractivity contribution in [2.45, 2.75) is 89.1 Å². The van der Waals surface area contributed by atoms with E-state index in [0.29, 0.717) is 18.3 Å². The van der Waals surface area contributed by atoms with Crippen molar-refractivity contribution in [1.82, 2.24) is 0 Å². The Morgan fingerprint density at radius 1 is 1.00 bits per heavy atom. The van der Waals surface area contributed by atoms with E-state index < -0.39 is 17.1 Å². The van der Waals surface area contributed by atoms with E-state index in [-0.39, 0.29) is 30.8 Å². The Balaban J connectivity index is 1.42. The van der Waals surface area contributed by atoms with Crippen molar-refractivity contribution < 1.29 is 23.9 Å². The zero-order valence-electron chi connectivity index (χ0n) is 16.4. The lowest BCUT2D eigenvalue weighted by Crippen LogP contribution is -2.37. The smallest absolute Gasteiger partial charge is 0.303 e. The molecule has 0 aliphatic carbocycles. The van der Waals surface area contributed by atoms with Crippen LogP contribution in [0, 0.1) is 11.8 Å². The molecule has 0 spiro atoms. The Labute approximate surface area is 166 Å². The summed E-state index contributed by atoms with van der Waals surface area (Å²) in [6.07, 6.45) is 13.7. The molecular weight excluding hydrogens is 364 g/mol. The van der Waals surface area contributed by atoms with Gasteiger partial charge >= 0.3 is 5.97 Å². The Bertz CT molecular complexity index is 511. The summed E-state index contributed by atoms with van der Waals surface area (Å²) in [5.41, 5.74) is 0. The molecule has 0 radical (unpaired) electrons. The van der Waals surface area contributed by atoms with Gasteiger partial charge in [-0.05, 0) is 32.1 Å². The number of unbranched alkanes of at least 4 members (excludes halogenated alkanes) is 5. The van der Waals surface area contributed by atoms with E-state index in [2.05, 4.69) is 19.1 Å². The van der Waals surface area contributed by atoms with Gasteiger partial charge in [0.2, 0.25) is 0 Å². The van der Waals surface area contributed by atoms with Crippen molar-refractivity contribution >= 4 is 17.1 Å². The van der Waals surface area contributed by atoms with Crippen LogP contribution in [0.25, 0.3) is 0 Å². The van der Waals surface area contributed by atoms with E-state index in [1.165, 1.54) is 25.7 Å². The van der Waals surface area contributed by atoms with Gasteiger partial charge in [0, 0.05) is 18.3 Å². The van der Waals surface area contributed by atoms with Crippen LogP contribution in [0.1, 0.15) is 64.7 Å². The van der Waals surface area contributed by atoms with Crippen LogP contribution < -0.4 is 0 Å². The zero-order valence-corrected chi connectivity index (χ0v) is 17.2. The number of aliphatic carboxylic acids is 1.